The lowest BCUT2D eigenvalue weighted by atomic mass is 9.78. The highest BCUT2D eigenvalue weighted by atomic mass is 16.5. The fraction of sp³-hybridized carbons (Fsp3) is 0.500. The van der Waals surface area contributed by atoms with Gasteiger partial charge in [-0.25, -0.2) is 4.98 Å². The Hall–Kier alpha value is -3.08. The van der Waals surface area contributed by atoms with Crippen LogP contribution in [0.3, 0.4) is 0 Å². The van der Waals surface area contributed by atoms with Crippen molar-refractivity contribution in [1.29, 1.82) is 0 Å². The standard InChI is InChI=1S/C32H41N3O2/c1-23-18-28(16-17-31(23)37-3)26-14-12-25(13-15-26)21-35(32(36)27-8-5-4-6-9-27)30-11-7-10-29(19-30)34-20-24(2)33-22-34/h7,10-11,16-20,22,25-27H,4-6,8-9,12-15,21H2,1-3H3. The molecule has 2 fully saturated rings. The average molecular weight is 500 g/mol. The lowest BCUT2D eigenvalue weighted by Gasteiger charge is -2.35. The van der Waals surface area contributed by atoms with Gasteiger partial charge >= 0.3 is 0 Å². The van der Waals surface area contributed by atoms with E-state index in [0.29, 0.717) is 17.7 Å². The molecule has 2 saturated carbocycles. The summed E-state index contributed by atoms with van der Waals surface area (Å²) in [5.41, 5.74) is 5.70. The monoisotopic (exact) mass is 499 g/mol. The largest absolute Gasteiger partial charge is 0.496 e. The van der Waals surface area contributed by atoms with Crippen molar-refractivity contribution < 1.29 is 9.53 Å². The first-order chi connectivity index (χ1) is 18.0. The molecule has 0 saturated heterocycles. The number of imidazole rings is 1. The van der Waals surface area contributed by atoms with E-state index in [0.717, 1.165) is 55.0 Å². The van der Waals surface area contributed by atoms with Crippen molar-refractivity contribution >= 4 is 11.6 Å². The molecule has 2 aromatic carbocycles. The van der Waals surface area contributed by atoms with E-state index >= 15 is 0 Å². The first-order valence-corrected chi connectivity index (χ1v) is 14.1. The number of anilines is 1. The molecule has 2 aliphatic carbocycles. The summed E-state index contributed by atoms with van der Waals surface area (Å²) in [4.78, 5) is 20.4. The maximum atomic E-state index is 13.9. The molecule has 196 valence electrons. The molecule has 5 nitrogen and oxygen atoms in total. The van der Waals surface area contributed by atoms with Crippen LogP contribution in [0.15, 0.2) is 55.0 Å². The third-order valence-electron chi connectivity index (χ3n) is 8.55. The van der Waals surface area contributed by atoms with Crippen LogP contribution in [0.4, 0.5) is 5.69 Å². The highest BCUT2D eigenvalue weighted by Crippen LogP contribution is 2.38. The van der Waals surface area contributed by atoms with Gasteiger partial charge in [-0.1, -0.05) is 37.5 Å². The van der Waals surface area contributed by atoms with Gasteiger partial charge in [-0.15, -0.1) is 0 Å². The van der Waals surface area contributed by atoms with Crippen molar-refractivity contribution in [2.75, 3.05) is 18.6 Å². The number of carbonyl (C=O) groups excluding carboxylic acids is 1. The molecule has 1 aromatic heterocycles. The summed E-state index contributed by atoms with van der Waals surface area (Å²) in [6.07, 6.45) is 14.2. The SMILES string of the molecule is COc1ccc(C2CCC(CN(C(=O)C3CCCCC3)c3cccc(-n4cnc(C)c4)c3)CC2)cc1C. The van der Waals surface area contributed by atoms with Gasteiger partial charge in [0.25, 0.3) is 0 Å². The van der Waals surface area contributed by atoms with Crippen LogP contribution < -0.4 is 9.64 Å². The van der Waals surface area contributed by atoms with E-state index < -0.39 is 0 Å². The predicted molar refractivity (Wildman–Crippen MR) is 150 cm³/mol. The van der Waals surface area contributed by atoms with Gasteiger partial charge in [0.1, 0.15) is 5.75 Å². The number of carbonyl (C=O) groups is 1. The minimum atomic E-state index is 0.159. The molecule has 37 heavy (non-hydrogen) atoms. The minimum absolute atomic E-state index is 0.159. The van der Waals surface area contributed by atoms with E-state index in [1.54, 1.807) is 7.11 Å². The Bertz CT molecular complexity index is 1200. The fourth-order valence-corrected chi connectivity index (χ4v) is 6.37. The van der Waals surface area contributed by atoms with E-state index in [4.69, 9.17) is 4.74 Å². The number of aryl methyl sites for hydroxylation is 2. The number of benzene rings is 2. The van der Waals surface area contributed by atoms with Crippen molar-refractivity contribution in [3.63, 3.8) is 0 Å². The molecule has 2 aliphatic rings. The third-order valence-corrected chi connectivity index (χ3v) is 8.55. The maximum absolute atomic E-state index is 13.9. The second-order valence-electron chi connectivity index (χ2n) is 11.2. The maximum Gasteiger partial charge on any atom is 0.230 e. The summed E-state index contributed by atoms with van der Waals surface area (Å²) in [7, 11) is 1.74. The fourth-order valence-electron chi connectivity index (χ4n) is 6.37. The van der Waals surface area contributed by atoms with E-state index in [9.17, 15) is 4.79 Å². The molecule has 0 spiro atoms. The van der Waals surface area contributed by atoms with Gasteiger partial charge in [0.05, 0.1) is 19.1 Å². The second kappa shape index (κ2) is 11.5. The zero-order chi connectivity index (χ0) is 25.8. The van der Waals surface area contributed by atoms with E-state index in [2.05, 4.69) is 59.3 Å². The zero-order valence-corrected chi connectivity index (χ0v) is 22.7. The number of amides is 1. The molecule has 0 unspecified atom stereocenters. The van der Waals surface area contributed by atoms with E-state index in [-0.39, 0.29) is 5.92 Å². The lowest BCUT2D eigenvalue weighted by molar-refractivity contribution is -0.123. The third kappa shape index (κ3) is 5.92. The lowest BCUT2D eigenvalue weighted by Crippen LogP contribution is -2.41. The summed E-state index contributed by atoms with van der Waals surface area (Å²) in [5.74, 6) is 2.57. The summed E-state index contributed by atoms with van der Waals surface area (Å²) in [6.45, 7) is 4.95. The predicted octanol–water partition coefficient (Wildman–Crippen LogP) is 7.39. The second-order valence-corrected chi connectivity index (χ2v) is 11.2. The first-order valence-electron chi connectivity index (χ1n) is 14.1. The summed E-state index contributed by atoms with van der Waals surface area (Å²) >= 11 is 0. The van der Waals surface area contributed by atoms with Gasteiger partial charge in [-0.2, -0.15) is 0 Å². The molecule has 0 aliphatic heterocycles. The summed E-state index contributed by atoms with van der Waals surface area (Å²) < 4.78 is 7.50. The van der Waals surface area contributed by atoms with Crippen molar-refractivity contribution in [2.24, 2.45) is 11.8 Å². The normalized spacial score (nSPS) is 20.5. The number of nitrogens with zero attached hydrogens (tertiary/aromatic N) is 3. The van der Waals surface area contributed by atoms with Crippen LogP contribution in [-0.2, 0) is 4.79 Å². The van der Waals surface area contributed by atoms with E-state index in [1.807, 2.05) is 24.0 Å². The quantitative estimate of drug-likeness (QED) is 0.341. The number of rotatable bonds is 7. The Balaban J connectivity index is 1.32. The van der Waals surface area contributed by atoms with Crippen LogP contribution in [0, 0.1) is 25.7 Å². The molecule has 5 heteroatoms. The van der Waals surface area contributed by atoms with Gasteiger partial charge in [0.15, 0.2) is 0 Å². The van der Waals surface area contributed by atoms with Crippen LogP contribution in [0.5, 0.6) is 5.75 Å². The Labute approximate surface area is 221 Å². The van der Waals surface area contributed by atoms with Crippen LogP contribution in [0.1, 0.15) is 80.5 Å². The summed E-state index contributed by atoms with van der Waals surface area (Å²) in [6, 6.07) is 15.1. The average Bonchev–Trinajstić information content (AvgIpc) is 3.38. The van der Waals surface area contributed by atoms with Gasteiger partial charge < -0.3 is 14.2 Å². The number of hydrogen-bond acceptors (Lipinski definition) is 3. The van der Waals surface area contributed by atoms with E-state index in [1.165, 1.54) is 43.2 Å². The van der Waals surface area contributed by atoms with Gasteiger partial charge in [-0.3, -0.25) is 4.79 Å². The van der Waals surface area contributed by atoms with Gasteiger partial charge in [0.2, 0.25) is 5.91 Å². The molecule has 0 N–H and O–H groups in total. The van der Waals surface area contributed by atoms with Crippen LogP contribution >= 0.6 is 0 Å². The molecular formula is C32H41N3O2. The van der Waals surface area contributed by atoms with Gasteiger partial charge in [-0.05, 0) is 99.6 Å². The Morgan fingerprint density at radius 1 is 1.00 bits per heavy atom. The van der Waals surface area contributed by atoms with Crippen molar-refractivity contribution in [1.82, 2.24) is 9.55 Å². The molecule has 0 radical (unpaired) electrons. The van der Waals surface area contributed by atoms with Crippen LogP contribution in [-0.4, -0.2) is 29.1 Å². The molecule has 1 amide bonds. The molecule has 5 rings (SSSR count). The zero-order valence-electron chi connectivity index (χ0n) is 22.7. The first kappa shape index (κ1) is 25.6. The number of hydrogen-bond donors (Lipinski definition) is 0. The molecule has 3 aromatic rings. The summed E-state index contributed by atoms with van der Waals surface area (Å²) in [5, 5.41) is 0. The Kier molecular flexibility index (Phi) is 7.97. The molecular weight excluding hydrogens is 458 g/mol. The Morgan fingerprint density at radius 3 is 2.46 bits per heavy atom. The number of ether oxygens (including phenoxy) is 1. The smallest absolute Gasteiger partial charge is 0.230 e. The molecule has 0 bridgehead atoms. The molecule has 0 atom stereocenters. The highest BCUT2D eigenvalue weighted by Gasteiger charge is 2.31. The van der Waals surface area contributed by atoms with Gasteiger partial charge in [0, 0.05) is 30.0 Å². The number of methoxy groups -OCH3 is 1. The van der Waals surface area contributed by atoms with Crippen LogP contribution in [0.2, 0.25) is 0 Å². The van der Waals surface area contributed by atoms with Crippen molar-refractivity contribution in [3.8, 4) is 11.4 Å². The molecule has 1 heterocycles. The van der Waals surface area contributed by atoms with Crippen molar-refractivity contribution in [2.45, 2.75) is 77.6 Å². The number of aromatic nitrogens is 2. The highest BCUT2D eigenvalue weighted by molar-refractivity contribution is 5.95. The topological polar surface area (TPSA) is 47.4 Å². The Morgan fingerprint density at radius 2 is 1.78 bits per heavy atom. The van der Waals surface area contributed by atoms with Crippen molar-refractivity contribution in [3.05, 3.63) is 71.8 Å². The minimum Gasteiger partial charge on any atom is -0.496 e. The van der Waals surface area contributed by atoms with Crippen LogP contribution in [0.25, 0.3) is 5.69 Å².